The minimum atomic E-state index is 1.18. The molecule has 2 heterocycles. The van der Waals surface area contributed by atoms with E-state index in [1.54, 1.807) is 0 Å². The SMILES string of the molecule is CN1CCCN(CCCCCCCN2CCCN(C)C2)C1. The van der Waals surface area contributed by atoms with Crippen molar-refractivity contribution in [1.29, 1.82) is 0 Å². The molecule has 0 bridgehead atoms. The highest BCUT2D eigenvalue weighted by molar-refractivity contribution is 4.67. The van der Waals surface area contributed by atoms with Crippen LogP contribution in [0.5, 0.6) is 0 Å². The van der Waals surface area contributed by atoms with Crippen LogP contribution in [0.25, 0.3) is 0 Å². The van der Waals surface area contributed by atoms with Crippen molar-refractivity contribution in [2.24, 2.45) is 0 Å². The molecule has 0 atom stereocenters. The van der Waals surface area contributed by atoms with Crippen molar-refractivity contribution in [1.82, 2.24) is 19.6 Å². The molecule has 0 saturated carbocycles. The van der Waals surface area contributed by atoms with Crippen molar-refractivity contribution < 1.29 is 0 Å². The van der Waals surface area contributed by atoms with Gasteiger partial charge in [0.2, 0.25) is 0 Å². The van der Waals surface area contributed by atoms with Crippen molar-refractivity contribution in [3.8, 4) is 0 Å². The van der Waals surface area contributed by atoms with Crippen molar-refractivity contribution >= 4 is 0 Å². The van der Waals surface area contributed by atoms with Gasteiger partial charge in [0.05, 0.1) is 13.3 Å². The molecular formula is C17H36N4. The van der Waals surface area contributed by atoms with Gasteiger partial charge in [0.1, 0.15) is 0 Å². The zero-order valence-corrected chi connectivity index (χ0v) is 14.4. The molecule has 4 nitrogen and oxygen atoms in total. The summed E-state index contributed by atoms with van der Waals surface area (Å²) in [6, 6.07) is 0. The normalized spacial score (nSPS) is 23.7. The molecule has 0 aromatic carbocycles. The number of hydrogen-bond donors (Lipinski definition) is 0. The van der Waals surface area contributed by atoms with Crippen LogP contribution in [-0.2, 0) is 0 Å². The molecule has 0 radical (unpaired) electrons. The van der Waals surface area contributed by atoms with Gasteiger partial charge >= 0.3 is 0 Å². The summed E-state index contributed by atoms with van der Waals surface area (Å²) in [5.41, 5.74) is 0. The molecule has 2 aliphatic rings. The monoisotopic (exact) mass is 296 g/mol. The van der Waals surface area contributed by atoms with E-state index in [4.69, 9.17) is 0 Å². The van der Waals surface area contributed by atoms with Gasteiger partial charge in [-0.1, -0.05) is 19.3 Å². The highest BCUT2D eigenvalue weighted by atomic mass is 15.3. The molecule has 0 amide bonds. The van der Waals surface area contributed by atoms with Gasteiger partial charge in [-0.05, 0) is 52.9 Å². The van der Waals surface area contributed by atoms with Gasteiger partial charge in [-0.2, -0.15) is 0 Å². The molecule has 0 aromatic rings. The molecule has 2 aliphatic heterocycles. The van der Waals surface area contributed by atoms with E-state index < -0.39 is 0 Å². The summed E-state index contributed by atoms with van der Waals surface area (Å²) in [5, 5.41) is 0. The van der Waals surface area contributed by atoms with Crippen molar-refractivity contribution in [2.75, 3.05) is 66.7 Å². The van der Waals surface area contributed by atoms with E-state index in [9.17, 15) is 0 Å². The molecule has 2 saturated heterocycles. The van der Waals surface area contributed by atoms with Gasteiger partial charge in [-0.3, -0.25) is 19.6 Å². The van der Waals surface area contributed by atoms with Gasteiger partial charge in [0.25, 0.3) is 0 Å². The van der Waals surface area contributed by atoms with Gasteiger partial charge in [0, 0.05) is 26.2 Å². The third-order valence-electron chi connectivity index (χ3n) is 4.86. The van der Waals surface area contributed by atoms with Crippen LogP contribution in [0.2, 0.25) is 0 Å². The molecule has 0 N–H and O–H groups in total. The third kappa shape index (κ3) is 7.09. The predicted molar refractivity (Wildman–Crippen MR) is 90.5 cm³/mol. The Bertz CT molecular complexity index is 246. The molecule has 0 unspecified atom stereocenters. The van der Waals surface area contributed by atoms with Gasteiger partial charge in [-0.25, -0.2) is 0 Å². The summed E-state index contributed by atoms with van der Waals surface area (Å²) in [6.07, 6.45) is 9.73. The highest BCUT2D eigenvalue weighted by Crippen LogP contribution is 2.10. The third-order valence-corrected chi connectivity index (χ3v) is 4.86. The van der Waals surface area contributed by atoms with Gasteiger partial charge in [0.15, 0.2) is 0 Å². The van der Waals surface area contributed by atoms with Gasteiger partial charge < -0.3 is 0 Å². The Kier molecular flexibility index (Phi) is 8.01. The van der Waals surface area contributed by atoms with E-state index in [0.717, 1.165) is 0 Å². The quantitative estimate of drug-likeness (QED) is 0.636. The Morgan fingerprint density at radius 1 is 0.571 bits per heavy atom. The minimum Gasteiger partial charge on any atom is -0.293 e. The fraction of sp³-hybridized carbons (Fsp3) is 1.00. The fourth-order valence-electron chi connectivity index (χ4n) is 3.66. The maximum atomic E-state index is 2.62. The first-order valence-electron chi connectivity index (χ1n) is 9.06. The summed E-state index contributed by atoms with van der Waals surface area (Å²) in [5.74, 6) is 0. The lowest BCUT2D eigenvalue weighted by atomic mass is 10.1. The maximum Gasteiger partial charge on any atom is 0.0503 e. The van der Waals surface area contributed by atoms with E-state index >= 15 is 0 Å². The highest BCUT2D eigenvalue weighted by Gasteiger charge is 2.14. The van der Waals surface area contributed by atoms with Crippen LogP contribution < -0.4 is 0 Å². The Balaban J connectivity index is 1.40. The lowest BCUT2D eigenvalue weighted by Gasteiger charge is -2.33. The Labute approximate surface area is 132 Å². The number of nitrogens with zero attached hydrogens (tertiary/aromatic N) is 4. The summed E-state index contributed by atoms with van der Waals surface area (Å²) < 4.78 is 0. The van der Waals surface area contributed by atoms with E-state index in [-0.39, 0.29) is 0 Å². The Morgan fingerprint density at radius 3 is 1.43 bits per heavy atom. The standard InChI is InChI=1S/C17H36N4/c1-18-10-8-14-20(16-18)12-6-4-3-5-7-13-21-15-9-11-19(2)17-21/h3-17H2,1-2H3. The average Bonchev–Trinajstić information content (AvgIpc) is 2.46. The van der Waals surface area contributed by atoms with E-state index in [2.05, 4.69) is 33.7 Å². The first-order chi connectivity index (χ1) is 10.2. The topological polar surface area (TPSA) is 13.0 Å². The second kappa shape index (κ2) is 9.78. The first-order valence-corrected chi connectivity index (χ1v) is 9.06. The number of rotatable bonds is 8. The number of hydrogen-bond acceptors (Lipinski definition) is 4. The summed E-state index contributed by atoms with van der Waals surface area (Å²) in [7, 11) is 4.48. The molecule has 0 aliphatic carbocycles. The minimum absolute atomic E-state index is 1.18. The summed E-state index contributed by atoms with van der Waals surface area (Å²) >= 11 is 0. The molecule has 0 spiro atoms. The van der Waals surface area contributed by atoms with Crippen LogP contribution in [0.1, 0.15) is 44.9 Å². The van der Waals surface area contributed by atoms with Crippen molar-refractivity contribution in [2.45, 2.75) is 44.9 Å². The van der Waals surface area contributed by atoms with Gasteiger partial charge in [-0.15, -0.1) is 0 Å². The second-order valence-corrected chi connectivity index (χ2v) is 7.15. The van der Waals surface area contributed by atoms with Crippen LogP contribution in [0.3, 0.4) is 0 Å². The molecule has 124 valence electrons. The number of unbranched alkanes of at least 4 members (excludes halogenated alkanes) is 4. The molecular weight excluding hydrogens is 260 g/mol. The molecule has 2 rings (SSSR count). The van der Waals surface area contributed by atoms with E-state index in [1.807, 2.05) is 0 Å². The lowest BCUT2D eigenvalue weighted by Crippen LogP contribution is -2.43. The molecule has 21 heavy (non-hydrogen) atoms. The Hall–Kier alpha value is -0.160. The predicted octanol–water partition coefficient (Wildman–Crippen LogP) is 2.13. The zero-order valence-electron chi connectivity index (χ0n) is 14.4. The van der Waals surface area contributed by atoms with Crippen LogP contribution >= 0.6 is 0 Å². The van der Waals surface area contributed by atoms with Crippen molar-refractivity contribution in [3.63, 3.8) is 0 Å². The van der Waals surface area contributed by atoms with E-state index in [0.29, 0.717) is 0 Å². The molecule has 0 aromatic heterocycles. The van der Waals surface area contributed by atoms with Crippen LogP contribution in [-0.4, -0.2) is 86.3 Å². The molecule has 4 heteroatoms. The first kappa shape index (κ1) is 17.2. The summed E-state index contributed by atoms with van der Waals surface area (Å²) in [6.45, 7) is 10.2. The zero-order chi connectivity index (χ0) is 14.9. The van der Waals surface area contributed by atoms with Crippen LogP contribution in [0.15, 0.2) is 0 Å². The second-order valence-electron chi connectivity index (χ2n) is 7.15. The van der Waals surface area contributed by atoms with Crippen LogP contribution in [0, 0.1) is 0 Å². The van der Waals surface area contributed by atoms with Crippen molar-refractivity contribution in [3.05, 3.63) is 0 Å². The average molecular weight is 297 g/mol. The summed E-state index contributed by atoms with van der Waals surface area (Å²) in [4.78, 5) is 10.1. The largest absolute Gasteiger partial charge is 0.293 e. The maximum absolute atomic E-state index is 2.62. The molecule has 2 fully saturated rings. The fourth-order valence-corrected chi connectivity index (χ4v) is 3.66. The van der Waals surface area contributed by atoms with E-state index in [1.165, 1.54) is 97.6 Å². The lowest BCUT2D eigenvalue weighted by molar-refractivity contribution is 0.104. The smallest absolute Gasteiger partial charge is 0.0503 e. The van der Waals surface area contributed by atoms with Crippen LogP contribution in [0.4, 0.5) is 0 Å². The Morgan fingerprint density at radius 2 is 1.00 bits per heavy atom.